The van der Waals surface area contributed by atoms with E-state index >= 15 is 0 Å². The van der Waals surface area contributed by atoms with Crippen molar-refractivity contribution in [3.05, 3.63) is 48.2 Å². The van der Waals surface area contributed by atoms with Crippen LogP contribution in [0.5, 0.6) is 0 Å². The Morgan fingerprint density at radius 1 is 1.30 bits per heavy atom. The maximum Gasteiger partial charge on any atom is 0.230 e. The normalized spacial score (nSPS) is 17.5. The third-order valence-electron chi connectivity index (χ3n) is 4.06. The molecule has 1 N–H and O–H groups in total. The molecule has 23 heavy (non-hydrogen) atoms. The Bertz CT molecular complexity index is 696. The molecule has 0 bridgehead atoms. The molecule has 2 heterocycles. The molecular weight excluding hydrogens is 292 g/mol. The van der Waals surface area contributed by atoms with Crippen molar-refractivity contribution in [1.82, 2.24) is 14.7 Å². The molecule has 6 nitrogen and oxygen atoms in total. The van der Waals surface area contributed by atoms with E-state index in [4.69, 9.17) is 0 Å². The third-order valence-corrected chi connectivity index (χ3v) is 4.06. The van der Waals surface area contributed by atoms with Gasteiger partial charge in [0, 0.05) is 38.8 Å². The maximum absolute atomic E-state index is 12.3. The largest absolute Gasteiger partial charge is 0.342 e. The summed E-state index contributed by atoms with van der Waals surface area (Å²) in [6.45, 7) is 1.13. The third kappa shape index (κ3) is 3.77. The monoisotopic (exact) mass is 312 g/mol. The summed E-state index contributed by atoms with van der Waals surface area (Å²) in [5, 5.41) is 6.89. The number of aryl methyl sites for hydroxylation is 1. The van der Waals surface area contributed by atoms with Crippen molar-refractivity contribution in [1.29, 1.82) is 0 Å². The summed E-state index contributed by atoms with van der Waals surface area (Å²) in [4.78, 5) is 26.1. The minimum Gasteiger partial charge on any atom is -0.342 e. The molecule has 1 aliphatic rings. The molecule has 0 spiro atoms. The van der Waals surface area contributed by atoms with Crippen LogP contribution in [-0.2, 0) is 23.1 Å². The number of nitrogens with one attached hydrogen (secondary N) is 1. The smallest absolute Gasteiger partial charge is 0.230 e. The molecule has 1 aromatic heterocycles. The first-order chi connectivity index (χ1) is 11.1. The van der Waals surface area contributed by atoms with Crippen molar-refractivity contribution in [3.8, 4) is 0 Å². The van der Waals surface area contributed by atoms with Gasteiger partial charge >= 0.3 is 0 Å². The Kier molecular flexibility index (Phi) is 4.41. The fourth-order valence-corrected chi connectivity index (χ4v) is 2.78. The second kappa shape index (κ2) is 6.64. The van der Waals surface area contributed by atoms with Crippen LogP contribution in [0.15, 0.2) is 42.6 Å². The van der Waals surface area contributed by atoms with Crippen LogP contribution in [0.4, 0.5) is 5.82 Å². The van der Waals surface area contributed by atoms with Gasteiger partial charge in [0.25, 0.3) is 0 Å². The summed E-state index contributed by atoms with van der Waals surface area (Å²) in [5.41, 5.74) is 1.20. The molecule has 0 radical (unpaired) electrons. The first-order valence-corrected chi connectivity index (χ1v) is 7.74. The van der Waals surface area contributed by atoms with E-state index in [9.17, 15) is 9.59 Å². The van der Waals surface area contributed by atoms with E-state index in [2.05, 4.69) is 10.4 Å². The molecule has 1 aromatic carbocycles. The van der Waals surface area contributed by atoms with E-state index in [1.807, 2.05) is 30.3 Å². The van der Waals surface area contributed by atoms with Crippen molar-refractivity contribution in [2.45, 2.75) is 12.8 Å². The molecule has 6 heteroatoms. The molecule has 1 aliphatic heterocycles. The van der Waals surface area contributed by atoms with E-state index < -0.39 is 0 Å². The lowest BCUT2D eigenvalue weighted by molar-refractivity contribution is -0.128. The summed E-state index contributed by atoms with van der Waals surface area (Å²) in [5.74, 6) is 0.120. The Hall–Kier alpha value is -2.63. The summed E-state index contributed by atoms with van der Waals surface area (Å²) in [7, 11) is 1.79. The number of benzene rings is 1. The summed E-state index contributed by atoms with van der Waals surface area (Å²) in [6, 6.07) is 11.8. The number of nitrogens with zero attached hydrogens (tertiary/aromatic N) is 3. The zero-order valence-corrected chi connectivity index (χ0v) is 13.1. The van der Waals surface area contributed by atoms with E-state index in [1.54, 1.807) is 28.9 Å². The number of anilines is 1. The first-order valence-electron chi connectivity index (χ1n) is 7.74. The standard InChI is InChI=1S/C17H20N4O2/c1-20-9-8-15(19-20)18-17(23)14-11-16(22)21(12-14)10-7-13-5-3-2-4-6-13/h2-6,8-9,14H,7,10-12H2,1H3,(H,18,19,23)/t14-/m1/s1. The molecule has 3 rings (SSSR count). The highest BCUT2D eigenvalue weighted by molar-refractivity contribution is 5.96. The molecule has 1 fully saturated rings. The van der Waals surface area contributed by atoms with E-state index in [0.29, 0.717) is 18.9 Å². The number of hydrogen-bond donors (Lipinski definition) is 1. The Morgan fingerprint density at radius 3 is 2.78 bits per heavy atom. The van der Waals surface area contributed by atoms with Gasteiger partial charge in [-0.15, -0.1) is 0 Å². The van der Waals surface area contributed by atoms with Crippen LogP contribution < -0.4 is 5.32 Å². The van der Waals surface area contributed by atoms with E-state index in [1.165, 1.54) is 5.56 Å². The molecule has 1 saturated heterocycles. The maximum atomic E-state index is 12.3. The van der Waals surface area contributed by atoms with Crippen LogP contribution in [0.3, 0.4) is 0 Å². The van der Waals surface area contributed by atoms with Crippen LogP contribution in [0.1, 0.15) is 12.0 Å². The SMILES string of the molecule is Cn1ccc(NC(=O)[C@@H]2CC(=O)N(CCc3ccccc3)C2)n1. The molecule has 2 aromatic rings. The van der Waals surface area contributed by atoms with Gasteiger partial charge in [0.05, 0.1) is 5.92 Å². The van der Waals surface area contributed by atoms with Gasteiger partial charge in [0.1, 0.15) is 0 Å². The summed E-state index contributed by atoms with van der Waals surface area (Å²) in [6.07, 6.45) is 2.84. The van der Waals surface area contributed by atoms with Gasteiger partial charge in [0.15, 0.2) is 5.82 Å². The van der Waals surface area contributed by atoms with Crippen molar-refractivity contribution in [2.24, 2.45) is 13.0 Å². The average Bonchev–Trinajstić information content (AvgIpc) is 3.12. The molecule has 0 unspecified atom stereocenters. The van der Waals surface area contributed by atoms with Gasteiger partial charge < -0.3 is 10.2 Å². The van der Waals surface area contributed by atoms with Crippen molar-refractivity contribution >= 4 is 17.6 Å². The quantitative estimate of drug-likeness (QED) is 0.908. The van der Waals surface area contributed by atoms with E-state index in [-0.39, 0.29) is 24.2 Å². The zero-order chi connectivity index (χ0) is 16.2. The lowest BCUT2D eigenvalue weighted by Crippen LogP contribution is -2.30. The number of aromatic nitrogens is 2. The summed E-state index contributed by atoms with van der Waals surface area (Å²) >= 11 is 0. The van der Waals surface area contributed by atoms with Gasteiger partial charge in [0.2, 0.25) is 11.8 Å². The van der Waals surface area contributed by atoms with Crippen molar-refractivity contribution < 1.29 is 9.59 Å². The minimum atomic E-state index is -0.305. The predicted octanol–water partition coefficient (Wildman–Crippen LogP) is 1.45. The molecule has 0 aliphatic carbocycles. The highest BCUT2D eigenvalue weighted by Gasteiger charge is 2.34. The highest BCUT2D eigenvalue weighted by Crippen LogP contribution is 2.20. The van der Waals surface area contributed by atoms with Crippen LogP contribution in [0.25, 0.3) is 0 Å². The lowest BCUT2D eigenvalue weighted by Gasteiger charge is -2.16. The highest BCUT2D eigenvalue weighted by atomic mass is 16.2. The molecule has 0 saturated carbocycles. The number of rotatable bonds is 5. The van der Waals surface area contributed by atoms with Crippen molar-refractivity contribution in [3.63, 3.8) is 0 Å². The number of likely N-dealkylation sites (tertiary alicyclic amines) is 1. The first kappa shape index (κ1) is 15.3. The van der Waals surface area contributed by atoms with Crippen molar-refractivity contribution in [2.75, 3.05) is 18.4 Å². The van der Waals surface area contributed by atoms with Crippen LogP contribution >= 0.6 is 0 Å². The van der Waals surface area contributed by atoms with E-state index in [0.717, 1.165) is 6.42 Å². The average molecular weight is 312 g/mol. The van der Waals surface area contributed by atoms with Gasteiger partial charge in [-0.25, -0.2) is 0 Å². The molecule has 120 valence electrons. The molecule has 2 amide bonds. The minimum absolute atomic E-state index is 0.0436. The Balaban J connectivity index is 1.53. The van der Waals surface area contributed by atoms with Gasteiger partial charge in [-0.1, -0.05) is 30.3 Å². The Morgan fingerprint density at radius 2 is 2.09 bits per heavy atom. The predicted molar refractivity (Wildman–Crippen MR) is 86.7 cm³/mol. The second-order valence-electron chi connectivity index (χ2n) is 5.84. The van der Waals surface area contributed by atoms with Crippen LogP contribution in [-0.4, -0.2) is 39.6 Å². The number of carbonyl (C=O) groups excluding carboxylic acids is 2. The van der Waals surface area contributed by atoms with Gasteiger partial charge in [-0.05, 0) is 12.0 Å². The second-order valence-corrected chi connectivity index (χ2v) is 5.84. The Labute approximate surface area is 135 Å². The molecular formula is C17H20N4O2. The van der Waals surface area contributed by atoms with Crippen LogP contribution in [0.2, 0.25) is 0 Å². The fraction of sp³-hybridized carbons (Fsp3) is 0.353. The number of amides is 2. The number of carbonyl (C=O) groups is 2. The lowest BCUT2D eigenvalue weighted by atomic mass is 10.1. The fourth-order valence-electron chi connectivity index (χ4n) is 2.78. The van der Waals surface area contributed by atoms with Gasteiger partial charge in [-0.3, -0.25) is 14.3 Å². The molecule has 1 atom stereocenters. The van der Waals surface area contributed by atoms with Gasteiger partial charge in [-0.2, -0.15) is 5.10 Å². The number of hydrogen-bond acceptors (Lipinski definition) is 3. The van der Waals surface area contributed by atoms with Crippen LogP contribution in [0, 0.1) is 5.92 Å². The summed E-state index contributed by atoms with van der Waals surface area (Å²) < 4.78 is 1.63. The zero-order valence-electron chi connectivity index (χ0n) is 13.1. The topological polar surface area (TPSA) is 67.2 Å².